The van der Waals surface area contributed by atoms with E-state index in [1.807, 2.05) is 12.1 Å². The fraction of sp³-hybridized carbons (Fsp3) is 0.231. The van der Waals surface area contributed by atoms with Gasteiger partial charge in [0, 0.05) is 12.6 Å². The number of alkyl halides is 3. The Morgan fingerprint density at radius 1 is 1.05 bits per heavy atom. The first kappa shape index (κ1) is 15.0. The molecule has 0 amide bonds. The average Bonchev–Trinajstić information content (AvgIpc) is 2.44. The molecule has 0 atom stereocenters. The molecule has 8 heteroatoms. The van der Waals surface area contributed by atoms with Crippen LogP contribution in [0.15, 0.2) is 30.3 Å². The van der Waals surface area contributed by atoms with Gasteiger partial charge < -0.3 is 16.2 Å². The van der Waals surface area contributed by atoms with E-state index in [0.29, 0.717) is 12.6 Å². The molecule has 0 aliphatic heterocycles. The number of nitrogens with zero attached hydrogens (tertiary/aromatic N) is 2. The second-order valence-corrected chi connectivity index (χ2v) is 4.26. The molecule has 1 aromatic heterocycles. The lowest BCUT2D eigenvalue weighted by molar-refractivity contribution is -0.141. The topological polar surface area (TPSA) is 87.0 Å². The Kier molecular flexibility index (Phi) is 4.27. The van der Waals surface area contributed by atoms with E-state index in [4.69, 9.17) is 16.2 Å². The highest BCUT2D eigenvalue weighted by molar-refractivity contribution is 5.28. The Balaban J connectivity index is 2.10. The van der Waals surface area contributed by atoms with Gasteiger partial charge in [-0.05, 0) is 11.1 Å². The Morgan fingerprint density at radius 3 is 2.24 bits per heavy atom. The van der Waals surface area contributed by atoms with Crippen molar-refractivity contribution in [2.75, 3.05) is 5.73 Å². The van der Waals surface area contributed by atoms with Crippen LogP contribution in [-0.4, -0.2) is 9.97 Å². The number of hydrogen-bond acceptors (Lipinski definition) is 5. The smallest absolute Gasteiger partial charge is 0.433 e. The minimum absolute atomic E-state index is 0.0681. The highest BCUT2D eigenvalue weighted by Gasteiger charge is 2.33. The van der Waals surface area contributed by atoms with Crippen LogP contribution in [-0.2, 0) is 19.3 Å². The van der Waals surface area contributed by atoms with E-state index in [1.54, 1.807) is 12.1 Å². The van der Waals surface area contributed by atoms with Crippen molar-refractivity contribution in [1.29, 1.82) is 0 Å². The largest absolute Gasteiger partial charge is 0.473 e. The van der Waals surface area contributed by atoms with Crippen molar-refractivity contribution < 1.29 is 17.9 Å². The summed E-state index contributed by atoms with van der Waals surface area (Å²) in [7, 11) is 0. The van der Waals surface area contributed by atoms with Crippen molar-refractivity contribution in [3.63, 3.8) is 0 Å². The fourth-order valence-corrected chi connectivity index (χ4v) is 1.59. The maximum absolute atomic E-state index is 12.6. The van der Waals surface area contributed by atoms with Gasteiger partial charge in [-0.25, -0.2) is 4.98 Å². The van der Waals surface area contributed by atoms with Crippen molar-refractivity contribution in [3.8, 4) is 5.88 Å². The van der Waals surface area contributed by atoms with E-state index in [1.165, 1.54) is 0 Å². The van der Waals surface area contributed by atoms with Gasteiger partial charge in [-0.1, -0.05) is 24.3 Å². The first-order valence-corrected chi connectivity index (χ1v) is 6.01. The number of benzene rings is 1. The van der Waals surface area contributed by atoms with Gasteiger partial charge in [0.1, 0.15) is 6.61 Å². The Labute approximate surface area is 118 Å². The van der Waals surface area contributed by atoms with Crippen LogP contribution >= 0.6 is 0 Å². The first-order valence-electron chi connectivity index (χ1n) is 6.01. The van der Waals surface area contributed by atoms with Crippen LogP contribution in [0.25, 0.3) is 0 Å². The quantitative estimate of drug-likeness (QED) is 0.902. The lowest BCUT2D eigenvalue weighted by Crippen LogP contribution is -2.11. The Hall–Kier alpha value is -2.35. The van der Waals surface area contributed by atoms with Crippen molar-refractivity contribution in [2.24, 2.45) is 5.73 Å². The van der Waals surface area contributed by atoms with E-state index >= 15 is 0 Å². The van der Waals surface area contributed by atoms with E-state index < -0.39 is 17.8 Å². The van der Waals surface area contributed by atoms with E-state index in [0.717, 1.165) is 11.1 Å². The van der Waals surface area contributed by atoms with Gasteiger partial charge in [-0.3, -0.25) is 0 Å². The van der Waals surface area contributed by atoms with Crippen LogP contribution in [0.2, 0.25) is 0 Å². The molecular weight excluding hydrogens is 285 g/mol. The molecule has 1 aromatic carbocycles. The second-order valence-electron chi connectivity index (χ2n) is 4.26. The lowest BCUT2D eigenvalue weighted by Gasteiger charge is -2.10. The monoisotopic (exact) mass is 298 g/mol. The third kappa shape index (κ3) is 4.06. The van der Waals surface area contributed by atoms with Gasteiger partial charge >= 0.3 is 6.18 Å². The van der Waals surface area contributed by atoms with Crippen LogP contribution in [0.5, 0.6) is 5.88 Å². The third-order valence-electron chi connectivity index (χ3n) is 2.66. The Morgan fingerprint density at radius 2 is 1.67 bits per heavy atom. The molecule has 1 heterocycles. The van der Waals surface area contributed by atoms with Crippen LogP contribution < -0.4 is 16.2 Å². The molecular formula is C13H13F3N4O. The standard InChI is InChI=1S/C13H13F3N4O/c14-13(15,16)10-5-11(20-12(18)19-10)21-7-9-3-1-8(6-17)2-4-9/h1-5H,6-7,17H2,(H2,18,19,20). The predicted octanol–water partition coefficient (Wildman–Crippen LogP) is 2.12. The van der Waals surface area contributed by atoms with Gasteiger partial charge in [0.15, 0.2) is 5.69 Å². The number of anilines is 1. The number of rotatable bonds is 4. The minimum atomic E-state index is -4.60. The summed E-state index contributed by atoms with van der Waals surface area (Å²) in [6.45, 7) is 0.483. The maximum Gasteiger partial charge on any atom is 0.433 e. The molecule has 0 radical (unpaired) electrons. The van der Waals surface area contributed by atoms with Gasteiger partial charge in [0.25, 0.3) is 0 Å². The molecule has 4 N–H and O–H groups in total. The molecule has 0 bridgehead atoms. The highest BCUT2D eigenvalue weighted by atomic mass is 19.4. The summed E-state index contributed by atoms with van der Waals surface area (Å²) in [5.74, 6) is -0.712. The molecule has 2 rings (SSSR count). The molecule has 21 heavy (non-hydrogen) atoms. The molecule has 0 saturated carbocycles. The average molecular weight is 298 g/mol. The van der Waals surface area contributed by atoms with Crippen molar-refractivity contribution >= 4 is 5.95 Å². The van der Waals surface area contributed by atoms with Crippen LogP contribution in [0.1, 0.15) is 16.8 Å². The van der Waals surface area contributed by atoms with Crippen molar-refractivity contribution in [3.05, 3.63) is 47.2 Å². The SMILES string of the molecule is NCc1ccc(COc2cc(C(F)(F)F)nc(N)n2)cc1. The highest BCUT2D eigenvalue weighted by Crippen LogP contribution is 2.29. The van der Waals surface area contributed by atoms with Crippen LogP contribution in [0.3, 0.4) is 0 Å². The maximum atomic E-state index is 12.6. The lowest BCUT2D eigenvalue weighted by atomic mass is 10.1. The third-order valence-corrected chi connectivity index (χ3v) is 2.66. The Bertz CT molecular complexity index is 614. The molecule has 112 valence electrons. The molecule has 0 spiro atoms. The fourth-order valence-electron chi connectivity index (χ4n) is 1.59. The molecule has 2 aromatic rings. The zero-order valence-electron chi connectivity index (χ0n) is 10.9. The predicted molar refractivity (Wildman–Crippen MR) is 70.1 cm³/mol. The second kappa shape index (κ2) is 5.96. The summed E-state index contributed by atoms with van der Waals surface area (Å²) in [4.78, 5) is 6.75. The van der Waals surface area contributed by atoms with E-state index in [2.05, 4.69) is 9.97 Å². The number of nitrogens with two attached hydrogens (primary N) is 2. The molecule has 0 fully saturated rings. The number of halogens is 3. The zero-order valence-corrected chi connectivity index (χ0v) is 10.9. The van der Waals surface area contributed by atoms with Crippen molar-refractivity contribution in [2.45, 2.75) is 19.3 Å². The first-order chi connectivity index (χ1) is 9.88. The molecule has 0 aliphatic rings. The molecule has 5 nitrogen and oxygen atoms in total. The number of aromatic nitrogens is 2. The van der Waals surface area contributed by atoms with Gasteiger partial charge in [0.2, 0.25) is 11.8 Å². The number of hydrogen-bond donors (Lipinski definition) is 2. The zero-order chi connectivity index (χ0) is 15.5. The number of nitrogen functional groups attached to an aromatic ring is 1. The summed E-state index contributed by atoms with van der Waals surface area (Å²) < 4.78 is 43.0. The van der Waals surface area contributed by atoms with E-state index in [9.17, 15) is 13.2 Å². The van der Waals surface area contributed by atoms with Gasteiger partial charge in [-0.2, -0.15) is 18.2 Å². The summed E-state index contributed by atoms with van der Waals surface area (Å²) in [6.07, 6.45) is -4.60. The molecule has 0 aliphatic carbocycles. The van der Waals surface area contributed by atoms with Crippen LogP contribution in [0, 0.1) is 0 Å². The normalized spacial score (nSPS) is 11.4. The summed E-state index contributed by atoms with van der Waals surface area (Å²) in [5, 5.41) is 0. The van der Waals surface area contributed by atoms with Crippen molar-refractivity contribution in [1.82, 2.24) is 9.97 Å². The van der Waals surface area contributed by atoms with E-state index in [-0.39, 0.29) is 12.5 Å². The number of ether oxygens (including phenoxy) is 1. The summed E-state index contributed by atoms with van der Waals surface area (Å²) in [6, 6.07) is 7.89. The molecule has 0 saturated heterocycles. The minimum Gasteiger partial charge on any atom is -0.473 e. The molecule has 0 unspecified atom stereocenters. The summed E-state index contributed by atoms with van der Waals surface area (Å²) in [5.41, 5.74) is 11.3. The summed E-state index contributed by atoms with van der Waals surface area (Å²) >= 11 is 0. The van der Waals surface area contributed by atoms with Gasteiger partial charge in [-0.15, -0.1) is 0 Å². The van der Waals surface area contributed by atoms with Gasteiger partial charge in [0.05, 0.1) is 0 Å². The van der Waals surface area contributed by atoms with Crippen LogP contribution in [0.4, 0.5) is 19.1 Å².